The Morgan fingerprint density at radius 1 is 1.13 bits per heavy atom. The molecule has 116 valence electrons. The van der Waals surface area contributed by atoms with Crippen molar-refractivity contribution in [2.75, 3.05) is 0 Å². The monoisotopic (exact) mass is 305 g/mol. The van der Waals surface area contributed by atoms with Crippen molar-refractivity contribution in [1.29, 1.82) is 0 Å². The largest absolute Gasteiger partial charge is 0.366 e. The standard InChI is InChI=1S/C19H19N3O/c1-13-11-18(22-21-13)17(12-14-7-3-2-4-8-14)15-9-5-6-10-16(15)19(20)23/h2-11,17H,12H2,1H3,(H2,20,23)(H,21,22). The van der Waals surface area contributed by atoms with Crippen molar-refractivity contribution in [3.8, 4) is 0 Å². The van der Waals surface area contributed by atoms with Crippen LogP contribution in [-0.4, -0.2) is 16.1 Å². The van der Waals surface area contributed by atoms with E-state index >= 15 is 0 Å². The molecule has 0 bridgehead atoms. The molecule has 0 fully saturated rings. The number of carbonyl (C=O) groups excluding carboxylic acids is 1. The fourth-order valence-electron chi connectivity index (χ4n) is 2.87. The molecule has 0 aliphatic rings. The number of aromatic nitrogens is 2. The maximum atomic E-state index is 11.8. The summed E-state index contributed by atoms with van der Waals surface area (Å²) in [7, 11) is 0. The van der Waals surface area contributed by atoms with E-state index in [0.29, 0.717) is 5.56 Å². The number of H-pyrrole nitrogens is 1. The number of carbonyl (C=O) groups is 1. The highest BCUT2D eigenvalue weighted by Crippen LogP contribution is 2.30. The van der Waals surface area contributed by atoms with Crippen LogP contribution in [-0.2, 0) is 6.42 Å². The van der Waals surface area contributed by atoms with Crippen molar-refractivity contribution in [2.24, 2.45) is 5.73 Å². The van der Waals surface area contributed by atoms with E-state index < -0.39 is 5.91 Å². The lowest BCUT2D eigenvalue weighted by atomic mass is 9.86. The molecule has 4 nitrogen and oxygen atoms in total. The minimum atomic E-state index is -0.411. The van der Waals surface area contributed by atoms with Crippen molar-refractivity contribution < 1.29 is 4.79 Å². The lowest BCUT2D eigenvalue weighted by Gasteiger charge is -2.18. The molecule has 3 rings (SSSR count). The van der Waals surface area contributed by atoms with E-state index in [0.717, 1.165) is 23.4 Å². The number of nitrogens with two attached hydrogens (primary N) is 1. The van der Waals surface area contributed by atoms with E-state index in [4.69, 9.17) is 5.73 Å². The normalized spacial score (nSPS) is 12.0. The van der Waals surface area contributed by atoms with E-state index in [1.807, 2.05) is 49.4 Å². The summed E-state index contributed by atoms with van der Waals surface area (Å²) in [5.74, 6) is -0.433. The van der Waals surface area contributed by atoms with Crippen LogP contribution in [0.4, 0.5) is 0 Å². The van der Waals surface area contributed by atoms with Gasteiger partial charge in [0.2, 0.25) is 5.91 Å². The number of rotatable bonds is 5. The van der Waals surface area contributed by atoms with Crippen LogP contribution in [0.2, 0.25) is 0 Å². The second-order valence-electron chi connectivity index (χ2n) is 5.67. The Balaban J connectivity index is 2.07. The summed E-state index contributed by atoms with van der Waals surface area (Å²) >= 11 is 0. The smallest absolute Gasteiger partial charge is 0.248 e. The Kier molecular flexibility index (Phi) is 4.24. The molecule has 3 aromatic rings. The van der Waals surface area contributed by atoms with Crippen molar-refractivity contribution in [1.82, 2.24) is 10.2 Å². The Hall–Kier alpha value is -2.88. The molecule has 1 heterocycles. The molecular weight excluding hydrogens is 286 g/mol. The molecule has 1 aromatic heterocycles. The van der Waals surface area contributed by atoms with E-state index in [1.165, 1.54) is 5.56 Å². The molecule has 3 N–H and O–H groups in total. The Morgan fingerprint density at radius 2 is 1.83 bits per heavy atom. The van der Waals surface area contributed by atoms with Gasteiger partial charge in [-0.15, -0.1) is 0 Å². The van der Waals surface area contributed by atoms with Crippen LogP contribution in [0, 0.1) is 6.92 Å². The summed E-state index contributed by atoms with van der Waals surface area (Å²) in [6, 6.07) is 19.7. The average molecular weight is 305 g/mol. The highest BCUT2D eigenvalue weighted by molar-refractivity contribution is 5.94. The van der Waals surface area contributed by atoms with Crippen LogP contribution >= 0.6 is 0 Å². The van der Waals surface area contributed by atoms with E-state index in [2.05, 4.69) is 22.3 Å². The first-order chi connectivity index (χ1) is 11.1. The van der Waals surface area contributed by atoms with Gasteiger partial charge in [-0.1, -0.05) is 48.5 Å². The number of primary amides is 1. The van der Waals surface area contributed by atoms with Crippen LogP contribution in [0.5, 0.6) is 0 Å². The van der Waals surface area contributed by atoms with Gasteiger partial charge in [-0.05, 0) is 36.6 Å². The quantitative estimate of drug-likeness (QED) is 0.760. The molecule has 0 saturated carbocycles. The predicted octanol–water partition coefficient (Wildman–Crippen LogP) is 3.19. The lowest BCUT2D eigenvalue weighted by Crippen LogP contribution is -2.17. The third-order valence-corrected chi connectivity index (χ3v) is 3.97. The van der Waals surface area contributed by atoms with Gasteiger partial charge in [-0.3, -0.25) is 9.89 Å². The molecule has 0 radical (unpaired) electrons. The fraction of sp³-hybridized carbons (Fsp3) is 0.158. The number of nitrogens with zero attached hydrogens (tertiary/aromatic N) is 1. The second kappa shape index (κ2) is 6.48. The first-order valence-corrected chi connectivity index (χ1v) is 7.59. The van der Waals surface area contributed by atoms with E-state index in [1.54, 1.807) is 6.07 Å². The van der Waals surface area contributed by atoms with Crippen LogP contribution in [0.25, 0.3) is 0 Å². The summed E-state index contributed by atoms with van der Waals surface area (Å²) in [6.07, 6.45) is 0.759. The van der Waals surface area contributed by atoms with Crippen LogP contribution in [0.3, 0.4) is 0 Å². The number of benzene rings is 2. The number of nitrogens with one attached hydrogen (secondary N) is 1. The van der Waals surface area contributed by atoms with Gasteiger partial charge in [0.1, 0.15) is 0 Å². The zero-order valence-corrected chi connectivity index (χ0v) is 13.0. The topological polar surface area (TPSA) is 71.8 Å². The molecule has 4 heteroatoms. The fourth-order valence-corrected chi connectivity index (χ4v) is 2.87. The summed E-state index contributed by atoms with van der Waals surface area (Å²) < 4.78 is 0. The van der Waals surface area contributed by atoms with Crippen molar-refractivity contribution >= 4 is 5.91 Å². The number of amides is 1. The van der Waals surface area contributed by atoms with Crippen LogP contribution in [0.15, 0.2) is 60.7 Å². The molecule has 1 unspecified atom stereocenters. The highest BCUT2D eigenvalue weighted by Gasteiger charge is 2.22. The summed E-state index contributed by atoms with van der Waals surface area (Å²) in [6.45, 7) is 1.97. The minimum absolute atomic E-state index is 0.0222. The number of aryl methyl sites for hydroxylation is 1. The third-order valence-electron chi connectivity index (χ3n) is 3.97. The minimum Gasteiger partial charge on any atom is -0.366 e. The SMILES string of the molecule is Cc1cc(C(Cc2ccccc2)c2ccccc2C(N)=O)n[nH]1. The zero-order valence-electron chi connectivity index (χ0n) is 13.0. The average Bonchev–Trinajstić information content (AvgIpc) is 3.00. The van der Waals surface area contributed by atoms with Crippen LogP contribution < -0.4 is 5.73 Å². The second-order valence-corrected chi connectivity index (χ2v) is 5.67. The van der Waals surface area contributed by atoms with Gasteiger partial charge in [0.15, 0.2) is 0 Å². The van der Waals surface area contributed by atoms with E-state index in [9.17, 15) is 4.79 Å². The summed E-state index contributed by atoms with van der Waals surface area (Å²) in [5, 5.41) is 7.40. The van der Waals surface area contributed by atoms with Gasteiger partial charge in [0, 0.05) is 17.2 Å². The molecule has 0 aliphatic carbocycles. The van der Waals surface area contributed by atoms with Gasteiger partial charge in [-0.2, -0.15) is 5.10 Å². The molecule has 23 heavy (non-hydrogen) atoms. The maximum absolute atomic E-state index is 11.8. The van der Waals surface area contributed by atoms with Gasteiger partial charge >= 0.3 is 0 Å². The van der Waals surface area contributed by atoms with Gasteiger partial charge in [0.25, 0.3) is 0 Å². The van der Waals surface area contributed by atoms with Crippen LogP contribution in [0.1, 0.15) is 38.8 Å². The summed E-state index contributed by atoms with van der Waals surface area (Å²) in [5.41, 5.74) is 10.1. The molecule has 1 atom stereocenters. The molecular formula is C19H19N3O. The zero-order chi connectivity index (χ0) is 16.2. The van der Waals surface area contributed by atoms with E-state index in [-0.39, 0.29) is 5.92 Å². The van der Waals surface area contributed by atoms with Gasteiger partial charge in [0.05, 0.1) is 5.69 Å². The predicted molar refractivity (Wildman–Crippen MR) is 90.3 cm³/mol. The van der Waals surface area contributed by atoms with Gasteiger partial charge in [-0.25, -0.2) is 0 Å². The Labute approximate surface area is 135 Å². The molecule has 0 spiro atoms. The number of aromatic amines is 1. The molecule has 1 amide bonds. The number of hydrogen-bond acceptors (Lipinski definition) is 2. The first kappa shape index (κ1) is 15.0. The van der Waals surface area contributed by atoms with Gasteiger partial charge < -0.3 is 5.73 Å². The first-order valence-electron chi connectivity index (χ1n) is 7.59. The number of hydrogen-bond donors (Lipinski definition) is 2. The van der Waals surface area contributed by atoms with Crippen molar-refractivity contribution in [2.45, 2.75) is 19.3 Å². The Morgan fingerprint density at radius 3 is 2.48 bits per heavy atom. The van der Waals surface area contributed by atoms with Crippen molar-refractivity contribution in [3.05, 3.63) is 88.7 Å². The highest BCUT2D eigenvalue weighted by atomic mass is 16.1. The Bertz CT molecular complexity index is 808. The van der Waals surface area contributed by atoms with Crippen molar-refractivity contribution in [3.63, 3.8) is 0 Å². The molecule has 0 saturated heterocycles. The molecule has 2 aromatic carbocycles. The maximum Gasteiger partial charge on any atom is 0.248 e. The summed E-state index contributed by atoms with van der Waals surface area (Å²) in [4.78, 5) is 11.8. The molecule has 0 aliphatic heterocycles. The lowest BCUT2D eigenvalue weighted by molar-refractivity contribution is 0.0999. The third kappa shape index (κ3) is 3.31.